The summed E-state index contributed by atoms with van der Waals surface area (Å²) in [5, 5.41) is 14.3. The van der Waals surface area contributed by atoms with E-state index in [1.54, 1.807) is 49.3 Å². The summed E-state index contributed by atoms with van der Waals surface area (Å²) in [5.74, 6) is -5.00. The maximum atomic E-state index is 16.1. The van der Waals surface area contributed by atoms with E-state index in [-0.39, 0.29) is 53.0 Å². The Kier molecular flexibility index (Phi) is 10.4. The van der Waals surface area contributed by atoms with Crippen LogP contribution in [0.2, 0.25) is 5.02 Å². The number of piperidine rings is 2. The number of aromatic nitrogens is 5. The van der Waals surface area contributed by atoms with Crippen LogP contribution in [0.5, 0.6) is 5.75 Å². The molecule has 2 amide bonds. The highest BCUT2D eigenvalue weighted by molar-refractivity contribution is 6.33. The van der Waals surface area contributed by atoms with E-state index in [0.29, 0.717) is 110 Å². The van der Waals surface area contributed by atoms with Gasteiger partial charge in [0.15, 0.2) is 18.2 Å². The normalized spacial score (nSPS) is 24.2. The molecule has 4 fully saturated rings. The van der Waals surface area contributed by atoms with Crippen LogP contribution < -0.4 is 36.0 Å². The number of aryl methyl sites for hydroxylation is 2. The first-order chi connectivity index (χ1) is 30.2. The third kappa shape index (κ3) is 7.55. The van der Waals surface area contributed by atoms with Crippen LogP contribution in [0.3, 0.4) is 0 Å². The first-order valence-electron chi connectivity index (χ1n) is 21.3. The van der Waals surface area contributed by atoms with Gasteiger partial charge in [-0.05, 0) is 61.9 Å². The van der Waals surface area contributed by atoms with Crippen molar-refractivity contribution in [2.75, 3.05) is 72.9 Å². The van der Waals surface area contributed by atoms with Crippen LogP contribution in [0.15, 0.2) is 41.3 Å². The zero-order chi connectivity index (χ0) is 43.9. The lowest BCUT2D eigenvalue weighted by Gasteiger charge is -2.40. The molecule has 1 saturated carbocycles. The van der Waals surface area contributed by atoms with Gasteiger partial charge in [-0.3, -0.25) is 29.3 Å². The summed E-state index contributed by atoms with van der Waals surface area (Å²) < 4.78 is 70.7. The van der Waals surface area contributed by atoms with Gasteiger partial charge in [0.05, 0.1) is 47.3 Å². The number of amides is 2. The summed E-state index contributed by atoms with van der Waals surface area (Å²) in [6.07, 6.45) is 2.70. The predicted molar refractivity (Wildman–Crippen MR) is 230 cm³/mol. The minimum absolute atomic E-state index is 0.0804. The molecular weight excluding hydrogens is 846 g/mol. The molecule has 5 aliphatic rings. The number of rotatable bonds is 8. The van der Waals surface area contributed by atoms with Gasteiger partial charge in [-0.2, -0.15) is 10.1 Å². The number of fused-ring (bicyclic) bond motifs is 4. The Balaban J connectivity index is 0.784. The van der Waals surface area contributed by atoms with Gasteiger partial charge in [0, 0.05) is 82.2 Å². The Morgan fingerprint density at radius 2 is 1.78 bits per heavy atom. The monoisotopic (exact) mass is 891 g/mol. The molecule has 3 N–H and O–H groups in total. The third-order valence-corrected chi connectivity index (χ3v) is 13.6. The highest BCUT2D eigenvalue weighted by Gasteiger charge is 2.51. The van der Waals surface area contributed by atoms with Crippen LogP contribution in [-0.4, -0.2) is 112 Å². The highest BCUT2D eigenvalue weighted by atomic mass is 35.5. The second-order valence-corrected chi connectivity index (χ2v) is 17.8. The Hall–Kier alpha value is -5.69. The number of benzene rings is 2. The van der Waals surface area contributed by atoms with Gasteiger partial charge in [0.1, 0.15) is 16.7 Å². The van der Waals surface area contributed by atoms with E-state index in [1.165, 1.54) is 15.4 Å². The number of hydrogen-bond acceptors (Lipinski definition) is 12. The number of imide groups is 1. The molecule has 0 spiro atoms. The average molecular weight is 892 g/mol. The highest BCUT2D eigenvalue weighted by Crippen LogP contribution is 2.46. The predicted octanol–water partition coefficient (Wildman–Crippen LogP) is 5.48. The van der Waals surface area contributed by atoms with Crippen LogP contribution >= 0.6 is 11.6 Å². The quantitative estimate of drug-likeness (QED) is 0.134. The molecule has 2 aromatic carbocycles. The number of ether oxygens (including phenoxy) is 1. The van der Waals surface area contributed by atoms with Crippen molar-refractivity contribution in [2.45, 2.75) is 56.2 Å². The molecule has 0 bridgehead atoms. The van der Waals surface area contributed by atoms with Crippen LogP contribution in [0.1, 0.15) is 43.7 Å². The number of halogens is 5. The molecule has 15 nitrogen and oxygen atoms in total. The number of pyridine rings is 1. The van der Waals surface area contributed by atoms with Crippen molar-refractivity contribution >= 4 is 74.0 Å². The molecule has 3 aromatic heterocycles. The average Bonchev–Trinajstić information content (AvgIpc) is 4.06. The fourth-order valence-corrected chi connectivity index (χ4v) is 9.80. The summed E-state index contributed by atoms with van der Waals surface area (Å²) in [5.41, 5.74) is 1.95. The van der Waals surface area contributed by atoms with E-state index in [4.69, 9.17) is 16.3 Å². The number of piperazine rings is 1. The van der Waals surface area contributed by atoms with Gasteiger partial charge in [-0.15, -0.1) is 0 Å². The molecule has 4 aliphatic heterocycles. The van der Waals surface area contributed by atoms with Gasteiger partial charge in [-0.1, -0.05) is 11.6 Å². The molecule has 5 aromatic rings. The standard InChI is InChI=1S/C43H46ClF4N11O4/c1-55-30-8-5-24(17-27(30)35-37(41(55)62)63-21-43(47,48)38(52-35)22-3-4-22)50-39-28(44)18-49-42(53-39)59-12-11-23(29(45)20-59)19-57-13-15-58(16-14-57)31-9-6-25-34(54-56(2)36(25)33(31)46)26-7-10-32(60)51-40(26)61/h5-6,8-9,17-18,22-23,26,29,38,52H,3-4,7,10-16,19-21H2,1-2H3,(H,49,50,53)(H,51,60,61). The number of nitrogens with one attached hydrogen (secondary N) is 3. The Morgan fingerprint density at radius 1 is 0.984 bits per heavy atom. The summed E-state index contributed by atoms with van der Waals surface area (Å²) in [6.45, 7) is 2.58. The largest absolute Gasteiger partial charge is 0.480 e. The van der Waals surface area contributed by atoms with Gasteiger partial charge >= 0.3 is 5.92 Å². The summed E-state index contributed by atoms with van der Waals surface area (Å²) >= 11 is 6.57. The fraction of sp³-hybridized carbons (Fsp3) is 0.488. The van der Waals surface area contributed by atoms with Crippen molar-refractivity contribution in [1.82, 2.24) is 34.5 Å². The molecule has 10 rings (SSSR count). The summed E-state index contributed by atoms with van der Waals surface area (Å²) in [6, 6.07) is 7.52. The maximum absolute atomic E-state index is 16.1. The molecule has 20 heteroatoms. The molecule has 4 unspecified atom stereocenters. The van der Waals surface area contributed by atoms with Crippen molar-refractivity contribution in [3.63, 3.8) is 0 Å². The second-order valence-electron chi connectivity index (χ2n) is 17.4. The molecular formula is C43H46ClF4N11O4. The van der Waals surface area contributed by atoms with E-state index < -0.39 is 47.9 Å². The molecule has 4 atom stereocenters. The van der Waals surface area contributed by atoms with Crippen molar-refractivity contribution in [3.05, 3.63) is 63.4 Å². The third-order valence-electron chi connectivity index (χ3n) is 13.3. The molecule has 332 valence electrons. The van der Waals surface area contributed by atoms with Crippen LogP contribution in [-0.2, 0) is 23.7 Å². The number of alkyl halides is 3. The van der Waals surface area contributed by atoms with E-state index in [0.717, 1.165) is 0 Å². The SMILES string of the molecule is Cn1nc(C2CCC(=O)NC2=O)c2ccc(N3CCN(CC4CCN(c5ncc(Cl)c(Nc6ccc7c(c6)c6c(c(=O)n7C)OCC(F)(F)C(C7CC7)N6)n5)CC4F)CC3)c(F)c21. The fourth-order valence-electron chi connectivity index (χ4n) is 9.66. The second kappa shape index (κ2) is 15.8. The first kappa shape index (κ1) is 41.3. The summed E-state index contributed by atoms with van der Waals surface area (Å²) in [7, 11) is 3.21. The van der Waals surface area contributed by atoms with Crippen molar-refractivity contribution in [3.8, 4) is 5.75 Å². The lowest BCUT2D eigenvalue weighted by atomic mass is 9.92. The van der Waals surface area contributed by atoms with Crippen molar-refractivity contribution in [1.29, 1.82) is 0 Å². The van der Waals surface area contributed by atoms with Crippen molar-refractivity contribution < 1.29 is 31.9 Å². The van der Waals surface area contributed by atoms with Crippen LogP contribution in [0.25, 0.3) is 21.8 Å². The van der Waals surface area contributed by atoms with Gasteiger partial charge in [-0.25, -0.2) is 22.5 Å². The summed E-state index contributed by atoms with van der Waals surface area (Å²) in [4.78, 5) is 52.6. The number of carbonyl (C=O) groups is 2. The number of anilines is 5. The lowest BCUT2D eigenvalue weighted by molar-refractivity contribution is -0.134. The molecule has 7 heterocycles. The van der Waals surface area contributed by atoms with Gasteiger partial charge in [0.2, 0.25) is 23.5 Å². The minimum atomic E-state index is -3.17. The molecule has 3 saturated heterocycles. The van der Waals surface area contributed by atoms with Crippen LogP contribution in [0, 0.1) is 17.7 Å². The molecule has 0 radical (unpaired) electrons. The zero-order valence-corrected chi connectivity index (χ0v) is 35.4. The van der Waals surface area contributed by atoms with E-state index in [1.807, 2.05) is 4.90 Å². The Bertz CT molecular complexity index is 2720. The number of hydrogen-bond donors (Lipinski definition) is 3. The van der Waals surface area contributed by atoms with Gasteiger partial charge < -0.3 is 29.7 Å². The Morgan fingerprint density at radius 3 is 2.52 bits per heavy atom. The maximum Gasteiger partial charge on any atom is 0.301 e. The molecule has 63 heavy (non-hydrogen) atoms. The smallest absolute Gasteiger partial charge is 0.301 e. The number of carbonyl (C=O) groups excluding carboxylic acids is 2. The Labute approximate surface area is 363 Å². The van der Waals surface area contributed by atoms with Gasteiger partial charge in [0.25, 0.3) is 5.56 Å². The lowest BCUT2D eigenvalue weighted by Crippen LogP contribution is -2.51. The molecule has 1 aliphatic carbocycles. The van der Waals surface area contributed by atoms with E-state index >= 15 is 17.6 Å². The minimum Gasteiger partial charge on any atom is -0.480 e. The van der Waals surface area contributed by atoms with E-state index in [2.05, 4.69) is 35.9 Å². The van der Waals surface area contributed by atoms with Crippen LogP contribution in [0.4, 0.5) is 46.4 Å². The topological polar surface area (TPSA) is 155 Å². The van der Waals surface area contributed by atoms with E-state index in [9.17, 15) is 14.4 Å². The first-order valence-corrected chi connectivity index (χ1v) is 21.7. The van der Waals surface area contributed by atoms with Crippen molar-refractivity contribution in [2.24, 2.45) is 25.9 Å². The number of nitrogens with zero attached hydrogens (tertiary/aromatic N) is 8. The zero-order valence-electron chi connectivity index (χ0n) is 34.6.